The Labute approximate surface area is 87.6 Å². The zero-order valence-electron chi connectivity index (χ0n) is 8.24. The second-order valence-corrected chi connectivity index (χ2v) is 4.31. The van der Waals surface area contributed by atoms with Gasteiger partial charge in [-0.15, -0.1) is 0 Å². The third-order valence-electron chi connectivity index (χ3n) is 2.43. The van der Waals surface area contributed by atoms with E-state index in [1.165, 1.54) is 18.4 Å². The Balaban J connectivity index is 2.40. The van der Waals surface area contributed by atoms with Crippen molar-refractivity contribution >= 4 is 11.8 Å². The van der Waals surface area contributed by atoms with Gasteiger partial charge in [0.25, 0.3) is 0 Å². The molecule has 1 saturated carbocycles. The molecule has 1 aliphatic carbocycles. The monoisotopic (exact) mass is 205 g/mol. The first-order chi connectivity index (χ1) is 6.72. The first kappa shape index (κ1) is 9.47. The van der Waals surface area contributed by atoms with E-state index in [2.05, 4.69) is 9.97 Å². The summed E-state index contributed by atoms with van der Waals surface area (Å²) in [5.41, 5.74) is 3.38. The maximum Gasteiger partial charge on any atom is 0.202 e. The topological polar surface area (TPSA) is 49.6 Å². The molecule has 0 atom stereocenters. The minimum Gasteiger partial charge on any atom is -0.227 e. The molecule has 1 fully saturated rings. The Bertz CT molecular complexity index is 381. The maximum absolute atomic E-state index is 8.53. The largest absolute Gasteiger partial charge is 0.227 e. The van der Waals surface area contributed by atoms with Crippen LogP contribution in [0.3, 0.4) is 0 Å². The highest BCUT2D eigenvalue weighted by Crippen LogP contribution is 2.42. The van der Waals surface area contributed by atoms with Crippen LogP contribution in [0.1, 0.15) is 35.7 Å². The number of aromatic nitrogens is 2. The molecule has 4 heteroatoms. The Kier molecular flexibility index (Phi) is 2.42. The van der Waals surface area contributed by atoms with Crippen LogP contribution in [0.5, 0.6) is 0 Å². The van der Waals surface area contributed by atoms with E-state index in [1.807, 2.05) is 19.2 Å². The molecule has 1 aromatic heterocycles. The molecule has 14 heavy (non-hydrogen) atoms. The summed E-state index contributed by atoms with van der Waals surface area (Å²) in [6.07, 6.45) is 2.52. The van der Waals surface area contributed by atoms with Crippen molar-refractivity contribution in [2.75, 3.05) is 0 Å². The fraction of sp³-hybridized carbons (Fsp3) is 0.500. The van der Waals surface area contributed by atoms with Gasteiger partial charge in [0.15, 0.2) is 0 Å². The number of rotatable bonds is 2. The summed E-state index contributed by atoms with van der Waals surface area (Å²) in [7, 11) is 0. The number of aryl methyl sites for hydroxylation is 2. The van der Waals surface area contributed by atoms with Crippen molar-refractivity contribution in [3.8, 4) is 5.40 Å². The highest BCUT2D eigenvalue weighted by Gasteiger charge is 2.28. The van der Waals surface area contributed by atoms with Gasteiger partial charge in [-0.1, -0.05) is 0 Å². The number of thiocyanates is 1. The number of nitriles is 1. The van der Waals surface area contributed by atoms with Gasteiger partial charge in [0, 0.05) is 23.1 Å². The highest BCUT2D eigenvalue weighted by molar-refractivity contribution is 8.03. The first-order valence-electron chi connectivity index (χ1n) is 4.63. The van der Waals surface area contributed by atoms with Gasteiger partial charge in [-0.05, 0) is 38.2 Å². The van der Waals surface area contributed by atoms with Crippen LogP contribution < -0.4 is 0 Å². The van der Waals surface area contributed by atoms with Crippen molar-refractivity contribution in [1.82, 2.24) is 9.97 Å². The summed E-state index contributed by atoms with van der Waals surface area (Å²) >= 11 is 1.03. The fourth-order valence-corrected chi connectivity index (χ4v) is 2.19. The van der Waals surface area contributed by atoms with E-state index in [0.717, 1.165) is 23.1 Å². The molecular weight excluding hydrogens is 194 g/mol. The van der Waals surface area contributed by atoms with Crippen molar-refractivity contribution in [2.45, 2.75) is 37.8 Å². The number of thioether (sulfide) groups is 1. The molecule has 0 N–H and O–H groups in total. The Morgan fingerprint density at radius 3 is 2.29 bits per heavy atom. The number of hydrogen-bond acceptors (Lipinski definition) is 4. The van der Waals surface area contributed by atoms with Crippen molar-refractivity contribution < 1.29 is 0 Å². The molecule has 1 aliphatic rings. The molecule has 0 unspecified atom stereocenters. The lowest BCUT2D eigenvalue weighted by Crippen LogP contribution is -2.00. The summed E-state index contributed by atoms with van der Waals surface area (Å²) < 4.78 is 0. The molecule has 1 heterocycles. The Morgan fingerprint density at radius 1 is 1.29 bits per heavy atom. The SMILES string of the molecule is Cc1nc(SC#N)nc(C)c1C1CC1. The van der Waals surface area contributed by atoms with Gasteiger partial charge in [-0.2, -0.15) is 5.26 Å². The second kappa shape index (κ2) is 3.58. The summed E-state index contributed by atoms with van der Waals surface area (Å²) in [4.78, 5) is 8.63. The van der Waals surface area contributed by atoms with Crippen molar-refractivity contribution in [3.63, 3.8) is 0 Å². The molecule has 0 aromatic carbocycles. The van der Waals surface area contributed by atoms with E-state index in [4.69, 9.17) is 5.26 Å². The van der Waals surface area contributed by atoms with Crippen LogP contribution in [0.4, 0.5) is 0 Å². The van der Waals surface area contributed by atoms with Gasteiger partial charge in [-0.3, -0.25) is 0 Å². The molecule has 2 rings (SSSR count). The van der Waals surface area contributed by atoms with Gasteiger partial charge in [0.2, 0.25) is 5.16 Å². The average Bonchev–Trinajstić information content (AvgIpc) is 2.87. The molecule has 0 amide bonds. The predicted molar refractivity (Wildman–Crippen MR) is 55.0 cm³/mol. The third kappa shape index (κ3) is 1.73. The maximum atomic E-state index is 8.53. The van der Waals surface area contributed by atoms with E-state index in [1.54, 1.807) is 0 Å². The molecule has 0 bridgehead atoms. The van der Waals surface area contributed by atoms with E-state index in [-0.39, 0.29) is 0 Å². The van der Waals surface area contributed by atoms with Gasteiger partial charge in [0.1, 0.15) is 5.40 Å². The van der Waals surface area contributed by atoms with Crippen molar-refractivity contribution in [1.29, 1.82) is 5.26 Å². The van der Waals surface area contributed by atoms with Crippen LogP contribution in [0.25, 0.3) is 0 Å². The van der Waals surface area contributed by atoms with Crippen LogP contribution in [-0.2, 0) is 0 Å². The molecular formula is C10H11N3S. The van der Waals surface area contributed by atoms with Crippen LogP contribution in [0, 0.1) is 24.5 Å². The van der Waals surface area contributed by atoms with Crippen LogP contribution in [0.2, 0.25) is 0 Å². The molecule has 0 radical (unpaired) electrons. The molecule has 72 valence electrons. The summed E-state index contributed by atoms with van der Waals surface area (Å²) in [6, 6.07) is 0. The van der Waals surface area contributed by atoms with Gasteiger partial charge in [0.05, 0.1) is 0 Å². The molecule has 1 aromatic rings. The molecule has 0 saturated heterocycles. The summed E-state index contributed by atoms with van der Waals surface area (Å²) in [5, 5.41) is 11.1. The van der Waals surface area contributed by atoms with E-state index in [0.29, 0.717) is 11.1 Å². The van der Waals surface area contributed by atoms with Gasteiger partial charge in [-0.25, -0.2) is 9.97 Å². The van der Waals surface area contributed by atoms with Crippen LogP contribution in [-0.4, -0.2) is 9.97 Å². The lowest BCUT2D eigenvalue weighted by molar-refractivity contribution is 0.854. The quantitative estimate of drug-likeness (QED) is 0.423. The zero-order valence-corrected chi connectivity index (χ0v) is 9.06. The first-order valence-corrected chi connectivity index (χ1v) is 5.45. The summed E-state index contributed by atoms with van der Waals surface area (Å²) in [5.74, 6) is 0.677. The number of nitrogens with zero attached hydrogens (tertiary/aromatic N) is 3. The third-order valence-corrected chi connectivity index (χ3v) is 2.89. The average molecular weight is 205 g/mol. The molecule has 0 spiro atoms. The predicted octanol–water partition coefficient (Wildman–Crippen LogP) is 2.54. The Morgan fingerprint density at radius 2 is 1.86 bits per heavy atom. The molecule has 0 aliphatic heterocycles. The van der Waals surface area contributed by atoms with Crippen LogP contribution in [0.15, 0.2) is 5.16 Å². The standard InChI is InChI=1S/C10H11N3S/c1-6-9(8-3-4-8)7(2)13-10(12-6)14-5-11/h8H,3-4H2,1-2H3. The van der Waals surface area contributed by atoms with E-state index < -0.39 is 0 Å². The lowest BCUT2D eigenvalue weighted by atomic mass is 10.1. The van der Waals surface area contributed by atoms with Gasteiger partial charge < -0.3 is 0 Å². The van der Waals surface area contributed by atoms with Crippen molar-refractivity contribution in [2.24, 2.45) is 0 Å². The van der Waals surface area contributed by atoms with Crippen molar-refractivity contribution in [3.05, 3.63) is 17.0 Å². The second-order valence-electron chi connectivity index (χ2n) is 3.56. The smallest absolute Gasteiger partial charge is 0.202 e. The normalized spacial score (nSPS) is 15.2. The summed E-state index contributed by atoms with van der Waals surface area (Å²) in [6.45, 7) is 4.01. The van der Waals surface area contributed by atoms with E-state index in [9.17, 15) is 0 Å². The van der Waals surface area contributed by atoms with Gasteiger partial charge >= 0.3 is 0 Å². The Hall–Kier alpha value is -1.08. The minimum atomic E-state index is 0.576. The number of hydrogen-bond donors (Lipinski definition) is 0. The lowest BCUT2D eigenvalue weighted by Gasteiger charge is -2.07. The highest BCUT2D eigenvalue weighted by atomic mass is 32.2. The molecule has 3 nitrogen and oxygen atoms in total. The zero-order chi connectivity index (χ0) is 10.1. The van der Waals surface area contributed by atoms with E-state index >= 15 is 0 Å². The fourth-order valence-electron chi connectivity index (χ4n) is 1.74. The van der Waals surface area contributed by atoms with Crippen LogP contribution >= 0.6 is 11.8 Å². The minimum absolute atomic E-state index is 0.576.